The maximum absolute atomic E-state index is 11.7. The van der Waals surface area contributed by atoms with Crippen LogP contribution in [-0.2, 0) is 11.3 Å². The molecule has 4 rings (SSSR count). The molecule has 0 saturated carbocycles. The Bertz CT molecular complexity index is 1150. The van der Waals surface area contributed by atoms with Crippen molar-refractivity contribution in [1.29, 1.82) is 0 Å². The van der Waals surface area contributed by atoms with Gasteiger partial charge >= 0.3 is 5.97 Å². The maximum Gasteiger partial charge on any atom is 0.335 e. The molecule has 0 bridgehead atoms. The van der Waals surface area contributed by atoms with Gasteiger partial charge in [-0.3, -0.25) is 4.79 Å². The Kier molecular flexibility index (Phi) is 10.5. The highest BCUT2D eigenvalue weighted by atomic mass is 35.5. The molecule has 1 fully saturated rings. The lowest BCUT2D eigenvalue weighted by Gasteiger charge is -2.36. The second kappa shape index (κ2) is 13.1. The van der Waals surface area contributed by atoms with Crippen LogP contribution in [0.3, 0.4) is 0 Å². The fraction of sp³-hybridized carbons (Fsp3) is 0.280. The standard InChI is InChI=1S/C25H28N6O3.2ClH/c1-29(23(32)14-26)17-18-3-2-4-20(13-18)21-15-27-25(28-16-21)31-11-9-30(10-12-31)22-7-5-19(6-8-22)24(33)34;;/h2-8,13,15-16H,9-12,14,17,26H2,1H3,(H,33,34);2*1H. The summed E-state index contributed by atoms with van der Waals surface area (Å²) in [5.74, 6) is -0.331. The Labute approximate surface area is 222 Å². The number of carbonyl (C=O) groups is 2. The number of hydrogen-bond donors (Lipinski definition) is 2. The monoisotopic (exact) mass is 532 g/mol. The van der Waals surface area contributed by atoms with E-state index in [1.54, 1.807) is 24.1 Å². The van der Waals surface area contributed by atoms with Crippen LogP contribution in [0.25, 0.3) is 11.1 Å². The number of amides is 1. The van der Waals surface area contributed by atoms with Gasteiger partial charge in [-0.2, -0.15) is 0 Å². The number of piperazine rings is 1. The molecule has 2 aromatic carbocycles. The van der Waals surface area contributed by atoms with Gasteiger partial charge in [-0.15, -0.1) is 24.8 Å². The summed E-state index contributed by atoms with van der Waals surface area (Å²) in [6.07, 6.45) is 3.65. The van der Waals surface area contributed by atoms with Gasteiger partial charge in [-0.1, -0.05) is 18.2 Å². The number of likely N-dealkylation sites (N-methyl/N-ethyl adjacent to an activating group) is 1. The number of nitrogens with two attached hydrogens (primary N) is 1. The highest BCUT2D eigenvalue weighted by Gasteiger charge is 2.19. The van der Waals surface area contributed by atoms with Crippen molar-refractivity contribution in [1.82, 2.24) is 14.9 Å². The van der Waals surface area contributed by atoms with E-state index in [4.69, 9.17) is 10.8 Å². The number of nitrogens with zero attached hydrogens (tertiary/aromatic N) is 5. The number of carbonyl (C=O) groups excluding carboxylic acids is 1. The van der Waals surface area contributed by atoms with Crippen LogP contribution in [0.4, 0.5) is 11.6 Å². The predicted octanol–water partition coefficient (Wildman–Crippen LogP) is 2.93. The molecule has 9 nitrogen and oxygen atoms in total. The molecule has 1 amide bonds. The highest BCUT2D eigenvalue weighted by molar-refractivity contribution is 5.88. The average molecular weight is 533 g/mol. The summed E-state index contributed by atoms with van der Waals surface area (Å²) in [5, 5.41) is 9.06. The number of halogens is 2. The van der Waals surface area contributed by atoms with Gasteiger partial charge in [0.15, 0.2) is 0 Å². The first-order valence-corrected chi connectivity index (χ1v) is 11.1. The molecule has 1 aromatic heterocycles. The lowest BCUT2D eigenvalue weighted by atomic mass is 10.1. The third kappa shape index (κ3) is 6.84. The second-order valence-corrected chi connectivity index (χ2v) is 8.25. The molecule has 36 heavy (non-hydrogen) atoms. The lowest BCUT2D eigenvalue weighted by Crippen LogP contribution is -2.47. The minimum Gasteiger partial charge on any atom is -0.478 e. The molecule has 0 atom stereocenters. The van der Waals surface area contributed by atoms with E-state index in [0.29, 0.717) is 12.5 Å². The van der Waals surface area contributed by atoms with Crippen LogP contribution >= 0.6 is 24.8 Å². The Morgan fingerprint density at radius 2 is 1.56 bits per heavy atom. The van der Waals surface area contributed by atoms with E-state index >= 15 is 0 Å². The molecule has 1 aliphatic rings. The molecule has 1 saturated heterocycles. The van der Waals surface area contributed by atoms with E-state index in [-0.39, 0.29) is 42.8 Å². The molecule has 0 aliphatic carbocycles. The van der Waals surface area contributed by atoms with E-state index in [1.165, 1.54) is 0 Å². The van der Waals surface area contributed by atoms with Crippen molar-refractivity contribution in [3.63, 3.8) is 0 Å². The summed E-state index contributed by atoms with van der Waals surface area (Å²) in [5.41, 5.74) is 9.66. The Balaban J connectivity index is 0.00000228. The van der Waals surface area contributed by atoms with Crippen molar-refractivity contribution in [2.24, 2.45) is 5.73 Å². The van der Waals surface area contributed by atoms with Crippen LogP contribution in [0, 0.1) is 0 Å². The van der Waals surface area contributed by atoms with E-state index in [2.05, 4.69) is 19.8 Å². The fourth-order valence-corrected chi connectivity index (χ4v) is 3.98. The zero-order valence-corrected chi connectivity index (χ0v) is 21.5. The van der Waals surface area contributed by atoms with Crippen molar-refractivity contribution in [3.05, 3.63) is 72.1 Å². The molecule has 3 N–H and O–H groups in total. The Morgan fingerprint density at radius 1 is 0.944 bits per heavy atom. The number of aromatic nitrogens is 2. The molecule has 0 radical (unpaired) electrons. The van der Waals surface area contributed by atoms with Gasteiger partial charge in [0, 0.05) is 63.4 Å². The Hall–Kier alpha value is -3.40. The molecule has 192 valence electrons. The number of benzene rings is 2. The number of aromatic carboxylic acids is 1. The second-order valence-electron chi connectivity index (χ2n) is 8.25. The number of carboxylic acid groups (broad SMARTS) is 1. The first-order chi connectivity index (χ1) is 16.4. The van der Waals surface area contributed by atoms with Gasteiger partial charge in [0.05, 0.1) is 12.1 Å². The topological polar surface area (TPSA) is 116 Å². The number of rotatable bonds is 7. The van der Waals surface area contributed by atoms with Crippen molar-refractivity contribution >= 4 is 48.3 Å². The first kappa shape index (κ1) is 28.8. The van der Waals surface area contributed by atoms with Gasteiger partial charge in [0.1, 0.15) is 0 Å². The van der Waals surface area contributed by atoms with Gasteiger partial charge in [0.25, 0.3) is 0 Å². The first-order valence-electron chi connectivity index (χ1n) is 11.1. The van der Waals surface area contributed by atoms with Gasteiger partial charge in [0.2, 0.25) is 11.9 Å². The average Bonchev–Trinajstić information content (AvgIpc) is 2.88. The molecule has 1 aliphatic heterocycles. The van der Waals surface area contributed by atoms with Crippen LogP contribution in [0.1, 0.15) is 15.9 Å². The summed E-state index contributed by atoms with van der Waals surface area (Å²) in [7, 11) is 1.74. The number of anilines is 2. The summed E-state index contributed by atoms with van der Waals surface area (Å²) < 4.78 is 0. The van der Waals surface area contributed by atoms with Crippen molar-refractivity contribution < 1.29 is 14.7 Å². The molecular weight excluding hydrogens is 503 g/mol. The van der Waals surface area contributed by atoms with Crippen LogP contribution < -0.4 is 15.5 Å². The summed E-state index contributed by atoms with van der Waals surface area (Å²) in [4.78, 5) is 38.0. The van der Waals surface area contributed by atoms with Gasteiger partial charge in [-0.25, -0.2) is 14.8 Å². The maximum atomic E-state index is 11.7. The molecule has 0 spiro atoms. The Morgan fingerprint density at radius 3 is 2.14 bits per heavy atom. The van der Waals surface area contributed by atoms with Crippen LogP contribution in [0.15, 0.2) is 60.9 Å². The van der Waals surface area contributed by atoms with E-state index < -0.39 is 5.97 Å². The molecule has 0 unspecified atom stereocenters. The molecule has 11 heteroatoms. The summed E-state index contributed by atoms with van der Waals surface area (Å²) in [6.45, 7) is 3.64. The quantitative estimate of drug-likeness (QED) is 0.477. The van der Waals surface area contributed by atoms with Crippen molar-refractivity contribution in [2.45, 2.75) is 6.54 Å². The minimum absolute atomic E-state index is 0. The van der Waals surface area contributed by atoms with E-state index in [9.17, 15) is 9.59 Å². The van der Waals surface area contributed by atoms with Crippen molar-refractivity contribution in [2.75, 3.05) is 49.6 Å². The van der Waals surface area contributed by atoms with Crippen LogP contribution in [-0.4, -0.2) is 71.6 Å². The normalized spacial score (nSPS) is 12.8. The lowest BCUT2D eigenvalue weighted by molar-refractivity contribution is -0.128. The SMILES string of the molecule is CN(Cc1cccc(-c2cnc(N3CCN(c4ccc(C(=O)O)cc4)CC3)nc2)c1)C(=O)CN.Cl.Cl. The fourth-order valence-electron chi connectivity index (χ4n) is 3.98. The number of hydrogen-bond acceptors (Lipinski definition) is 7. The largest absolute Gasteiger partial charge is 0.478 e. The van der Waals surface area contributed by atoms with Crippen LogP contribution in [0.2, 0.25) is 0 Å². The third-order valence-electron chi connectivity index (χ3n) is 5.96. The van der Waals surface area contributed by atoms with E-state index in [0.717, 1.165) is 48.6 Å². The zero-order chi connectivity index (χ0) is 24.1. The zero-order valence-electron chi connectivity index (χ0n) is 19.9. The van der Waals surface area contributed by atoms with Crippen LogP contribution in [0.5, 0.6) is 0 Å². The molecule has 3 aromatic rings. The summed E-state index contributed by atoms with van der Waals surface area (Å²) in [6, 6.07) is 14.9. The predicted molar refractivity (Wildman–Crippen MR) is 145 cm³/mol. The molecule has 2 heterocycles. The van der Waals surface area contributed by atoms with Gasteiger partial charge < -0.3 is 25.5 Å². The smallest absolute Gasteiger partial charge is 0.335 e. The van der Waals surface area contributed by atoms with E-state index in [1.807, 2.05) is 48.8 Å². The molecular formula is C25H30Cl2N6O3. The minimum atomic E-state index is -0.919. The number of carboxylic acids is 1. The van der Waals surface area contributed by atoms with Crippen molar-refractivity contribution in [3.8, 4) is 11.1 Å². The van der Waals surface area contributed by atoms with Gasteiger partial charge in [-0.05, 0) is 41.5 Å². The highest BCUT2D eigenvalue weighted by Crippen LogP contribution is 2.23. The summed E-state index contributed by atoms with van der Waals surface area (Å²) >= 11 is 0. The third-order valence-corrected chi connectivity index (χ3v) is 5.96.